The van der Waals surface area contributed by atoms with E-state index in [0.29, 0.717) is 46.2 Å². The first-order valence-electron chi connectivity index (χ1n) is 25.0. The molecule has 2 aromatic carbocycles. The minimum atomic E-state index is -4.67. The molecule has 19 heteroatoms. The fourth-order valence-corrected chi connectivity index (χ4v) is 9.45. The van der Waals surface area contributed by atoms with Crippen LogP contribution in [0.1, 0.15) is 96.2 Å². The number of hydrogen-bond acceptors (Lipinski definition) is 10. The number of fused-ring (bicyclic) bond motifs is 6. The number of pyridine rings is 1. The van der Waals surface area contributed by atoms with Gasteiger partial charge in [-0.1, -0.05) is 51.8 Å². The number of nitrogens with zero attached hydrogens (tertiary/aromatic N) is 5. The molecule has 2 fully saturated rings. The van der Waals surface area contributed by atoms with Gasteiger partial charge in [-0.3, -0.25) is 34.1 Å². The second-order valence-electron chi connectivity index (χ2n) is 21.6. The molecule has 0 spiro atoms. The van der Waals surface area contributed by atoms with Crippen LogP contribution >= 0.6 is 0 Å². The third-order valence-corrected chi connectivity index (χ3v) is 14.4. The molecule has 7 rings (SSSR count). The number of alkyl halides is 5. The number of cyclic esters (lactones) is 1. The van der Waals surface area contributed by atoms with Crippen LogP contribution in [0.5, 0.6) is 0 Å². The number of carbonyl (C=O) groups is 4. The van der Waals surface area contributed by atoms with Crippen molar-refractivity contribution in [3.8, 4) is 34.2 Å². The summed E-state index contributed by atoms with van der Waals surface area (Å²) in [7, 11) is 5.23. The number of aromatic nitrogens is 2. The molecule has 0 radical (unpaired) electrons. The smallest absolute Gasteiger partial charge is 0.406 e. The highest BCUT2D eigenvalue weighted by atomic mass is 19.4. The number of ether oxygens (including phenoxy) is 3. The summed E-state index contributed by atoms with van der Waals surface area (Å²) in [5, 5.41) is 4.59. The Morgan fingerprint density at radius 3 is 2.43 bits per heavy atom. The summed E-state index contributed by atoms with van der Waals surface area (Å²) in [5.41, 5.74) is 3.96. The van der Waals surface area contributed by atoms with Crippen LogP contribution < -0.4 is 10.7 Å². The van der Waals surface area contributed by atoms with E-state index in [1.54, 1.807) is 48.2 Å². The first-order chi connectivity index (χ1) is 34.7. The zero-order valence-electron chi connectivity index (χ0n) is 43.8. The van der Waals surface area contributed by atoms with Crippen molar-refractivity contribution in [3.63, 3.8) is 0 Å². The number of halogens is 5. The number of likely N-dealkylation sites (tertiary alicyclic amines) is 1. The van der Waals surface area contributed by atoms with E-state index < -0.39 is 72.0 Å². The minimum absolute atomic E-state index is 0.0436. The molecule has 14 nitrogen and oxygen atoms in total. The summed E-state index contributed by atoms with van der Waals surface area (Å²) < 4.78 is 93.2. The minimum Gasteiger partial charge on any atom is -0.464 e. The monoisotopic (exact) mass is 1030 g/mol. The number of nitrogens with one attached hydrogen (secondary N) is 2. The SMILES string of the molecule is CO[C@@H](C)c1ncccc1-c1c2c3cc(ccc3n1CC(F)(F)F)-c1cc(cc(C(F)F)c1)C[C@H](NC(=O)C(COC1CN(C(=O)C#CC(C)(C)N(C)C)C1)C(C)C)C(=O)N1CCC[C@H](N1)C(=O)OCC(C)(C)C2. The van der Waals surface area contributed by atoms with Gasteiger partial charge in [0, 0.05) is 66.8 Å². The Bertz CT molecular complexity index is 2790. The molecular formula is C55H68F5N7O7. The Hall–Kier alpha value is -5.94. The van der Waals surface area contributed by atoms with Crippen LogP contribution in [0.4, 0.5) is 22.0 Å². The molecule has 2 N–H and O–H groups in total. The maximum absolute atomic E-state index is 15.0. The summed E-state index contributed by atoms with van der Waals surface area (Å²) in [6.45, 7) is 12.0. The van der Waals surface area contributed by atoms with E-state index in [0.717, 1.165) is 0 Å². The number of methoxy groups -OCH3 is 1. The predicted molar refractivity (Wildman–Crippen MR) is 269 cm³/mol. The third-order valence-electron chi connectivity index (χ3n) is 14.4. The molecule has 400 valence electrons. The number of hydrazine groups is 1. The lowest BCUT2D eigenvalue weighted by molar-refractivity contribution is -0.155. The lowest BCUT2D eigenvalue weighted by Crippen LogP contribution is -2.61. The average molecular weight is 1030 g/mol. The number of carbonyl (C=O) groups excluding carboxylic acids is 4. The lowest BCUT2D eigenvalue weighted by atomic mass is 9.84. The van der Waals surface area contributed by atoms with Gasteiger partial charge in [0.1, 0.15) is 18.6 Å². The van der Waals surface area contributed by atoms with Crippen molar-refractivity contribution in [1.29, 1.82) is 0 Å². The molecular weight excluding hydrogens is 966 g/mol. The van der Waals surface area contributed by atoms with Gasteiger partial charge in [-0.2, -0.15) is 13.2 Å². The van der Waals surface area contributed by atoms with Crippen LogP contribution in [0, 0.1) is 29.1 Å². The molecule has 5 heterocycles. The van der Waals surface area contributed by atoms with E-state index in [4.69, 9.17) is 14.2 Å². The van der Waals surface area contributed by atoms with E-state index in [1.807, 2.05) is 60.5 Å². The van der Waals surface area contributed by atoms with Crippen molar-refractivity contribution >= 4 is 34.6 Å². The molecule has 3 aliphatic rings. The number of esters is 1. The Balaban J connectivity index is 1.28. The van der Waals surface area contributed by atoms with Crippen molar-refractivity contribution in [2.24, 2.45) is 17.3 Å². The highest BCUT2D eigenvalue weighted by Gasteiger charge is 2.39. The van der Waals surface area contributed by atoms with Gasteiger partial charge in [0.25, 0.3) is 18.2 Å². The molecule has 2 aromatic heterocycles. The molecule has 6 bridgehead atoms. The number of rotatable bonds is 12. The van der Waals surface area contributed by atoms with Gasteiger partial charge in [-0.15, -0.1) is 0 Å². The van der Waals surface area contributed by atoms with Crippen molar-refractivity contribution in [1.82, 2.24) is 35.1 Å². The molecule has 4 atom stereocenters. The number of benzene rings is 2. The fraction of sp³-hybridized carbons (Fsp3) is 0.545. The molecule has 3 amide bonds. The van der Waals surface area contributed by atoms with Gasteiger partial charge in [-0.25, -0.2) is 14.2 Å². The second kappa shape index (κ2) is 22.5. The van der Waals surface area contributed by atoms with E-state index in [-0.39, 0.29) is 86.0 Å². The Labute approximate surface area is 429 Å². The van der Waals surface area contributed by atoms with Gasteiger partial charge in [0.2, 0.25) is 5.91 Å². The van der Waals surface area contributed by atoms with Gasteiger partial charge in [0.15, 0.2) is 0 Å². The maximum atomic E-state index is 15.0. The van der Waals surface area contributed by atoms with Crippen molar-refractivity contribution in [3.05, 3.63) is 77.1 Å². The van der Waals surface area contributed by atoms with Crippen LogP contribution in [0.3, 0.4) is 0 Å². The van der Waals surface area contributed by atoms with Crippen LogP contribution in [0.15, 0.2) is 54.7 Å². The molecule has 74 heavy (non-hydrogen) atoms. The van der Waals surface area contributed by atoms with Crippen LogP contribution in [-0.2, 0) is 52.8 Å². The second-order valence-corrected chi connectivity index (χ2v) is 21.6. The molecule has 2 saturated heterocycles. The summed E-state index contributed by atoms with van der Waals surface area (Å²) >= 11 is 0. The maximum Gasteiger partial charge on any atom is 0.406 e. The lowest BCUT2D eigenvalue weighted by Gasteiger charge is -2.39. The van der Waals surface area contributed by atoms with Crippen molar-refractivity contribution < 1.29 is 55.3 Å². The predicted octanol–water partition coefficient (Wildman–Crippen LogP) is 8.07. The zero-order chi connectivity index (χ0) is 54.0. The fourth-order valence-electron chi connectivity index (χ4n) is 9.45. The normalized spacial score (nSPS) is 19.7. The quantitative estimate of drug-likeness (QED) is 0.0812. The standard InChI is InChI=1S/C55H68F5N7O7/c1-32(2)42(29-73-38-27-65(28-38)46(68)17-18-54(6,7)64(8)9)50(69)62-44-23-34-21-36(24-37(22-34)49(56)57)35-15-16-45-40(25-35)41(26-53(4,5)31-74-52(71)43-14-12-20-67(63-43)51(44)70)48(66(45)30-55(58,59)60)39-13-11-19-61-47(39)33(3)72-10/h11,13,15-16,19,21-22,24-25,32-33,38,42-44,49,63H,12,14,20,23,26-31H2,1-10H3,(H,62,69)/t33-,42?,43-,44-/m0/s1. The Kier molecular flexibility index (Phi) is 17.0. The molecule has 4 aromatic rings. The Morgan fingerprint density at radius 2 is 1.77 bits per heavy atom. The van der Waals surface area contributed by atoms with Crippen molar-refractivity contribution in [2.45, 2.75) is 123 Å². The third kappa shape index (κ3) is 12.9. The topological polar surface area (TPSA) is 148 Å². The molecule has 1 unspecified atom stereocenters. The molecule has 0 saturated carbocycles. The average Bonchev–Trinajstić information content (AvgIpc) is 3.61. The van der Waals surface area contributed by atoms with Gasteiger partial charge in [-0.05, 0) is 119 Å². The largest absolute Gasteiger partial charge is 0.464 e. The summed E-state index contributed by atoms with van der Waals surface area (Å²) in [4.78, 5) is 63.9. The summed E-state index contributed by atoms with van der Waals surface area (Å²) in [6, 6.07) is 10.0. The van der Waals surface area contributed by atoms with E-state index >= 15 is 0 Å². The van der Waals surface area contributed by atoms with Crippen molar-refractivity contribution in [2.75, 3.05) is 54.1 Å². The zero-order valence-corrected chi connectivity index (χ0v) is 43.8. The van der Waals surface area contributed by atoms with E-state index in [2.05, 4.69) is 27.6 Å². The van der Waals surface area contributed by atoms with E-state index in [1.165, 1.54) is 35.0 Å². The first kappa shape index (κ1) is 55.8. The molecule has 3 aliphatic heterocycles. The van der Waals surface area contributed by atoms with Crippen LogP contribution in [0.25, 0.3) is 33.3 Å². The van der Waals surface area contributed by atoms with E-state index in [9.17, 15) is 41.1 Å². The molecule has 0 aliphatic carbocycles. The Morgan fingerprint density at radius 1 is 1.04 bits per heavy atom. The summed E-state index contributed by atoms with van der Waals surface area (Å²) in [5.74, 6) is 2.51. The highest BCUT2D eigenvalue weighted by Crippen LogP contribution is 2.43. The number of amides is 3. The summed E-state index contributed by atoms with van der Waals surface area (Å²) in [6.07, 6.45) is -6.54. The van der Waals surface area contributed by atoms with Crippen LogP contribution in [0.2, 0.25) is 0 Å². The van der Waals surface area contributed by atoms with Gasteiger partial charge in [0.05, 0.1) is 48.3 Å². The van der Waals surface area contributed by atoms with Crippen LogP contribution in [-0.4, -0.2) is 132 Å². The van der Waals surface area contributed by atoms with Gasteiger partial charge >= 0.3 is 12.1 Å². The van der Waals surface area contributed by atoms with Gasteiger partial charge < -0.3 is 29.0 Å². The number of hydrogen-bond donors (Lipinski definition) is 2. The highest BCUT2D eigenvalue weighted by molar-refractivity contribution is 5.96. The first-order valence-corrected chi connectivity index (χ1v) is 25.0.